The van der Waals surface area contributed by atoms with Gasteiger partial charge in [0.05, 0.1) is 12.6 Å². The first-order valence-electron chi connectivity index (χ1n) is 11.9. The molecule has 2 aromatic rings. The molecular weight excluding hydrogens is 418 g/mol. The highest BCUT2D eigenvalue weighted by Gasteiger charge is 2.39. The molecule has 0 saturated carbocycles. The Balaban J connectivity index is 1.59. The first-order chi connectivity index (χ1) is 16.2. The van der Waals surface area contributed by atoms with E-state index in [1.165, 1.54) is 16.8 Å². The van der Waals surface area contributed by atoms with E-state index in [-0.39, 0.29) is 16.5 Å². The van der Waals surface area contributed by atoms with Crippen molar-refractivity contribution in [1.82, 2.24) is 0 Å². The zero-order valence-electron chi connectivity index (χ0n) is 20.3. The third-order valence-electron chi connectivity index (χ3n) is 7.52. The third-order valence-corrected chi connectivity index (χ3v) is 7.52. The Kier molecular flexibility index (Phi) is 5.14. The molecule has 0 spiro atoms. The van der Waals surface area contributed by atoms with E-state index in [2.05, 4.69) is 55.6 Å². The van der Waals surface area contributed by atoms with E-state index >= 15 is 0 Å². The molecule has 0 aromatic heterocycles. The molecule has 0 N–H and O–H groups in total. The summed E-state index contributed by atoms with van der Waals surface area (Å²) in [6.45, 7) is 19.1. The van der Waals surface area contributed by atoms with Crippen LogP contribution in [0.4, 0.5) is 5.69 Å². The molecule has 0 bridgehead atoms. The third kappa shape index (κ3) is 3.61. The summed E-state index contributed by atoms with van der Waals surface area (Å²) in [5.41, 5.74) is 7.15. The van der Waals surface area contributed by atoms with Crippen LogP contribution in [0.15, 0.2) is 60.0 Å². The molecule has 2 aromatic carbocycles. The first kappa shape index (κ1) is 22.1. The topological polar surface area (TPSA) is 40.6 Å². The molecule has 34 heavy (non-hydrogen) atoms. The summed E-state index contributed by atoms with van der Waals surface area (Å²) >= 11 is 0. The summed E-state index contributed by atoms with van der Waals surface area (Å²) < 4.78 is 6.12. The average molecular weight is 448 g/mol. The average Bonchev–Trinajstić information content (AvgIpc) is 2.82. The van der Waals surface area contributed by atoms with Crippen LogP contribution in [0.5, 0.6) is 5.75 Å². The Morgan fingerprint density at radius 3 is 2.32 bits per heavy atom. The van der Waals surface area contributed by atoms with E-state index in [1.807, 2.05) is 36.4 Å². The molecule has 0 unspecified atom stereocenters. The maximum absolute atomic E-state index is 9.48. The van der Waals surface area contributed by atoms with Crippen LogP contribution in [-0.4, -0.2) is 13.1 Å². The summed E-state index contributed by atoms with van der Waals surface area (Å²) in [7, 11) is 0. The van der Waals surface area contributed by atoms with Gasteiger partial charge in [0.2, 0.25) is 0 Å². The van der Waals surface area contributed by atoms with E-state index in [0.717, 1.165) is 37.1 Å². The molecule has 170 valence electrons. The Morgan fingerprint density at radius 1 is 1.06 bits per heavy atom. The van der Waals surface area contributed by atoms with Gasteiger partial charge in [-0.1, -0.05) is 52.0 Å². The van der Waals surface area contributed by atoms with Crippen molar-refractivity contribution in [2.45, 2.75) is 51.4 Å². The molecule has 0 aliphatic carbocycles. The van der Waals surface area contributed by atoms with Gasteiger partial charge in [-0.3, -0.25) is 0 Å². The highest BCUT2D eigenvalue weighted by molar-refractivity contribution is 5.86. The van der Waals surface area contributed by atoms with Crippen molar-refractivity contribution in [3.8, 4) is 11.8 Å². The van der Waals surface area contributed by atoms with Crippen LogP contribution in [0.1, 0.15) is 62.8 Å². The number of hydrogen-bond acceptors (Lipinski definition) is 3. The van der Waals surface area contributed by atoms with E-state index in [4.69, 9.17) is 11.3 Å². The Morgan fingerprint density at radius 2 is 1.71 bits per heavy atom. The fourth-order valence-corrected chi connectivity index (χ4v) is 5.32. The van der Waals surface area contributed by atoms with Gasteiger partial charge < -0.3 is 9.64 Å². The number of benzene rings is 2. The van der Waals surface area contributed by atoms with Crippen molar-refractivity contribution in [2.75, 3.05) is 18.0 Å². The first-order valence-corrected chi connectivity index (χ1v) is 11.9. The van der Waals surface area contributed by atoms with E-state index in [1.54, 1.807) is 6.08 Å². The predicted octanol–water partition coefficient (Wildman–Crippen LogP) is 7.00. The van der Waals surface area contributed by atoms with Crippen LogP contribution < -0.4 is 9.64 Å². The van der Waals surface area contributed by atoms with Gasteiger partial charge >= 0.3 is 0 Å². The molecule has 0 radical (unpaired) electrons. The number of fused-ring (bicyclic) bond motifs is 1. The summed E-state index contributed by atoms with van der Waals surface area (Å²) in [6.07, 6.45) is 8.15. The lowest BCUT2D eigenvalue weighted by Crippen LogP contribution is -2.44. The smallest absolute Gasteiger partial charge is 0.269 e. The van der Waals surface area contributed by atoms with Crippen molar-refractivity contribution < 1.29 is 4.74 Å². The van der Waals surface area contributed by atoms with Gasteiger partial charge in [-0.2, -0.15) is 0 Å². The number of ether oxygens (including phenoxy) is 1. The van der Waals surface area contributed by atoms with E-state index in [0.29, 0.717) is 17.1 Å². The quantitative estimate of drug-likeness (QED) is 0.368. The van der Waals surface area contributed by atoms with Gasteiger partial charge in [-0.15, -0.1) is 0 Å². The molecule has 3 aliphatic heterocycles. The van der Waals surface area contributed by atoms with Crippen LogP contribution in [-0.2, 0) is 10.8 Å². The highest BCUT2D eigenvalue weighted by atomic mass is 16.5. The van der Waals surface area contributed by atoms with Gasteiger partial charge in [0, 0.05) is 29.9 Å². The normalized spacial score (nSPS) is 20.9. The molecular formula is C30H29N3O. The minimum Gasteiger partial charge on any atom is -0.457 e. The Labute approximate surface area is 202 Å². The van der Waals surface area contributed by atoms with Crippen LogP contribution in [0.2, 0.25) is 0 Å². The van der Waals surface area contributed by atoms with Crippen molar-refractivity contribution >= 4 is 17.3 Å². The SMILES string of the molecule is [C-]#[N+]/C(C#N)=C1C=C(/C=C/c2cc3c4c(c2)C(C)(C)CCN4CCC3(C)C)Oc2ccccc2/1. The van der Waals surface area contributed by atoms with Crippen LogP contribution in [0.25, 0.3) is 16.5 Å². The Bertz CT molecular complexity index is 1300. The minimum absolute atomic E-state index is 0.0726. The molecule has 0 saturated heterocycles. The number of rotatable bonds is 2. The van der Waals surface area contributed by atoms with E-state index in [9.17, 15) is 5.26 Å². The van der Waals surface area contributed by atoms with Gasteiger partial charge in [0.15, 0.2) is 0 Å². The van der Waals surface area contributed by atoms with Crippen LogP contribution in [0.3, 0.4) is 0 Å². The highest BCUT2D eigenvalue weighted by Crippen LogP contribution is 2.49. The maximum Gasteiger partial charge on any atom is 0.269 e. The minimum atomic E-state index is 0.0726. The fourth-order valence-electron chi connectivity index (χ4n) is 5.32. The molecule has 0 amide bonds. The van der Waals surface area contributed by atoms with Crippen LogP contribution >= 0.6 is 0 Å². The van der Waals surface area contributed by atoms with E-state index < -0.39 is 0 Å². The standard InChI is InChI=1S/C30H29N3O/c1-29(2)12-14-33-15-13-30(3,4)25-17-20(16-24(29)28(25)33)10-11-21-18-23(26(19-31)32-5)22-8-6-7-9-27(22)34-21/h6-11,16-18H,12-15H2,1-4H3/b11-10+,26-23-. The number of hydrogen-bond donors (Lipinski definition) is 0. The molecule has 5 rings (SSSR count). The molecule has 4 nitrogen and oxygen atoms in total. The maximum atomic E-state index is 9.48. The monoisotopic (exact) mass is 447 g/mol. The van der Waals surface area contributed by atoms with Gasteiger partial charge in [-0.25, -0.2) is 10.1 Å². The Hall–Kier alpha value is -3.76. The second-order valence-electron chi connectivity index (χ2n) is 10.7. The van der Waals surface area contributed by atoms with Crippen molar-refractivity contribution in [3.63, 3.8) is 0 Å². The molecule has 0 fully saturated rings. The van der Waals surface area contributed by atoms with Gasteiger partial charge in [0.1, 0.15) is 11.5 Å². The lowest BCUT2D eigenvalue weighted by atomic mass is 9.69. The van der Waals surface area contributed by atoms with Crippen molar-refractivity contribution in [3.05, 3.63) is 93.7 Å². The molecule has 3 heterocycles. The zero-order chi connectivity index (χ0) is 24.1. The molecule has 3 aliphatic rings. The zero-order valence-corrected chi connectivity index (χ0v) is 20.3. The summed E-state index contributed by atoms with van der Waals surface area (Å²) in [4.78, 5) is 6.01. The number of anilines is 1. The number of nitrogens with zero attached hydrogens (tertiary/aromatic N) is 3. The lowest BCUT2D eigenvalue weighted by Gasteiger charge is -2.48. The van der Waals surface area contributed by atoms with Crippen molar-refractivity contribution in [1.29, 1.82) is 5.26 Å². The second kappa shape index (κ2) is 7.93. The van der Waals surface area contributed by atoms with Crippen LogP contribution in [0, 0.1) is 17.9 Å². The molecule has 4 heteroatoms. The van der Waals surface area contributed by atoms with Gasteiger partial charge in [0.25, 0.3) is 5.70 Å². The molecule has 0 atom stereocenters. The number of allylic oxidation sites excluding steroid dienone is 4. The van der Waals surface area contributed by atoms with Crippen molar-refractivity contribution in [2.24, 2.45) is 0 Å². The predicted molar refractivity (Wildman–Crippen MR) is 137 cm³/mol. The fraction of sp³-hybridized carbons (Fsp3) is 0.333. The summed E-state index contributed by atoms with van der Waals surface area (Å²) in [5, 5.41) is 9.48. The second-order valence-corrected chi connectivity index (χ2v) is 10.7. The number of nitriles is 1. The largest absolute Gasteiger partial charge is 0.457 e. The lowest BCUT2D eigenvalue weighted by molar-refractivity contribution is 0.401. The number of para-hydroxylation sites is 1. The summed E-state index contributed by atoms with van der Waals surface area (Å²) in [6, 6.07) is 14.2. The summed E-state index contributed by atoms with van der Waals surface area (Å²) in [5.74, 6) is 1.28. The van der Waals surface area contributed by atoms with Gasteiger partial charge in [-0.05, 0) is 70.7 Å².